The highest BCUT2D eigenvalue weighted by molar-refractivity contribution is 9.10. The van der Waals surface area contributed by atoms with Crippen LogP contribution in [0.25, 0.3) is 0 Å². The van der Waals surface area contributed by atoms with Crippen molar-refractivity contribution >= 4 is 21.7 Å². The molecule has 0 saturated carbocycles. The maximum Gasteiger partial charge on any atom is 0.176 e. The Labute approximate surface area is 111 Å². The van der Waals surface area contributed by atoms with Gasteiger partial charge in [-0.15, -0.1) is 0 Å². The van der Waals surface area contributed by atoms with Crippen LogP contribution < -0.4 is 0 Å². The zero-order valence-corrected chi connectivity index (χ0v) is 11.7. The van der Waals surface area contributed by atoms with Crippen LogP contribution in [0.4, 0.5) is 0 Å². The molecule has 1 aliphatic rings. The molecule has 0 aliphatic carbocycles. The van der Waals surface area contributed by atoms with Gasteiger partial charge in [0, 0.05) is 16.1 Å². The van der Waals surface area contributed by atoms with Gasteiger partial charge in [-0.2, -0.15) is 0 Å². The lowest BCUT2D eigenvalue weighted by atomic mass is 10.0. The van der Waals surface area contributed by atoms with Crippen LogP contribution in [-0.2, 0) is 0 Å². The van der Waals surface area contributed by atoms with E-state index in [2.05, 4.69) is 27.8 Å². The van der Waals surface area contributed by atoms with Gasteiger partial charge in [-0.3, -0.25) is 9.69 Å². The summed E-state index contributed by atoms with van der Waals surface area (Å²) in [5.41, 5.74) is 0.811. The molecule has 1 aliphatic heterocycles. The normalized spacial score (nSPS) is 21.4. The zero-order valence-electron chi connectivity index (χ0n) is 10.2. The van der Waals surface area contributed by atoms with Crippen molar-refractivity contribution in [2.45, 2.75) is 32.2 Å². The van der Waals surface area contributed by atoms with E-state index in [9.17, 15) is 4.79 Å². The first kappa shape index (κ1) is 12.8. The van der Waals surface area contributed by atoms with E-state index in [1.54, 1.807) is 0 Å². The molecule has 1 heterocycles. The number of piperidine rings is 1. The fourth-order valence-corrected chi connectivity index (χ4v) is 2.57. The Hall–Kier alpha value is -0.670. The van der Waals surface area contributed by atoms with Crippen LogP contribution in [-0.4, -0.2) is 29.8 Å². The first-order chi connectivity index (χ1) is 8.16. The zero-order chi connectivity index (χ0) is 12.3. The molecule has 3 heteroatoms. The SMILES string of the molecule is CC1CCCCN1CC(=O)c1ccc(Br)cc1. The Bertz CT molecular complexity index is 388. The molecule has 1 atom stereocenters. The topological polar surface area (TPSA) is 20.3 Å². The van der Waals surface area contributed by atoms with Gasteiger partial charge < -0.3 is 0 Å². The van der Waals surface area contributed by atoms with E-state index in [4.69, 9.17) is 0 Å². The summed E-state index contributed by atoms with van der Waals surface area (Å²) >= 11 is 3.38. The standard InChI is InChI=1S/C14H18BrNO/c1-11-4-2-3-9-16(11)10-14(17)12-5-7-13(15)8-6-12/h5-8,11H,2-4,9-10H2,1H3. The summed E-state index contributed by atoms with van der Waals surface area (Å²) in [6.07, 6.45) is 3.73. The van der Waals surface area contributed by atoms with Crippen molar-refractivity contribution in [1.29, 1.82) is 0 Å². The molecule has 92 valence electrons. The number of hydrogen-bond acceptors (Lipinski definition) is 2. The van der Waals surface area contributed by atoms with Gasteiger partial charge in [-0.1, -0.05) is 34.5 Å². The van der Waals surface area contributed by atoms with Gasteiger partial charge in [0.25, 0.3) is 0 Å². The summed E-state index contributed by atoms with van der Waals surface area (Å²) in [7, 11) is 0. The summed E-state index contributed by atoms with van der Waals surface area (Å²) in [5.74, 6) is 0.228. The van der Waals surface area contributed by atoms with Crippen LogP contribution in [0.2, 0.25) is 0 Å². The molecular weight excluding hydrogens is 278 g/mol. The number of Topliss-reactive ketones (excluding diaryl/α,β-unsaturated/α-hetero) is 1. The molecule has 1 unspecified atom stereocenters. The number of benzene rings is 1. The smallest absolute Gasteiger partial charge is 0.176 e. The number of likely N-dealkylation sites (tertiary alicyclic amines) is 1. The van der Waals surface area contributed by atoms with Gasteiger partial charge in [-0.05, 0) is 38.4 Å². The molecule has 1 saturated heterocycles. The summed E-state index contributed by atoms with van der Waals surface area (Å²) in [5, 5.41) is 0. The molecular formula is C14H18BrNO. The Morgan fingerprint density at radius 2 is 2.06 bits per heavy atom. The van der Waals surface area contributed by atoms with Crippen LogP contribution in [0.3, 0.4) is 0 Å². The highest BCUT2D eigenvalue weighted by atomic mass is 79.9. The van der Waals surface area contributed by atoms with E-state index < -0.39 is 0 Å². The van der Waals surface area contributed by atoms with Crippen molar-refractivity contribution in [3.05, 3.63) is 34.3 Å². The number of carbonyl (C=O) groups is 1. The average molecular weight is 296 g/mol. The Morgan fingerprint density at radius 3 is 2.71 bits per heavy atom. The first-order valence-corrected chi connectivity index (χ1v) is 6.99. The van der Waals surface area contributed by atoms with Crippen molar-refractivity contribution in [3.63, 3.8) is 0 Å². The van der Waals surface area contributed by atoms with E-state index in [1.165, 1.54) is 19.3 Å². The lowest BCUT2D eigenvalue weighted by molar-refractivity contribution is 0.0860. The molecule has 1 aromatic rings. The highest BCUT2D eigenvalue weighted by Crippen LogP contribution is 2.17. The number of nitrogens with zero attached hydrogens (tertiary/aromatic N) is 1. The number of rotatable bonds is 3. The molecule has 1 fully saturated rings. The molecule has 17 heavy (non-hydrogen) atoms. The summed E-state index contributed by atoms with van der Waals surface area (Å²) in [6, 6.07) is 8.17. The molecule has 1 aromatic carbocycles. The third-order valence-corrected chi connectivity index (χ3v) is 3.98. The maximum atomic E-state index is 12.1. The molecule has 0 spiro atoms. The van der Waals surface area contributed by atoms with E-state index in [1.807, 2.05) is 24.3 Å². The van der Waals surface area contributed by atoms with Crippen molar-refractivity contribution in [2.75, 3.05) is 13.1 Å². The van der Waals surface area contributed by atoms with E-state index in [0.29, 0.717) is 12.6 Å². The molecule has 0 bridgehead atoms. The quantitative estimate of drug-likeness (QED) is 0.796. The lowest BCUT2D eigenvalue weighted by Gasteiger charge is -2.32. The highest BCUT2D eigenvalue weighted by Gasteiger charge is 2.20. The number of halogens is 1. The molecule has 0 aromatic heterocycles. The second-order valence-electron chi connectivity index (χ2n) is 4.75. The van der Waals surface area contributed by atoms with Gasteiger partial charge in [0.1, 0.15) is 0 Å². The van der Waals surface area contributed by atoms with Gasteiger partial charge in [0.15, 0.2) is 5.78 Å². The molecule has 0 N–H and O–H groups in total. The predicted molar refractivity (Wildman–Crippen MR) is 73.4 cm³/mol. The first-order valence-electron chi connectivity index (χ1n) is 6.19. The fraction of sp³-hybridized carbons (Fsp3) is 0.500. The molecule has 0 amide bonds. The van der Waals surface area contributed by atoms with Crippen LogP contribution in [0, 0.1) is 0 Å². The van der Waals surface area contributed by atoms with E-state index >= 15 is 0 Å². The largest absolute Gasteiger partial charge is 0.293 e. The lowest BCUT2D eigenvalue weighted by Crippen LogP contribution is -2.40. The van der Waals surface area contributed by atoms with Crippen molar-refractivity contribution < 1.29 is 4.79 Å². The second-order valence-corrected chi connectivity index (χ2v) is 5.66. The van der Waals surface area contributed by atoms with Crippen LogP contribution >= 0.6 is 15.9 Å². The monoisotopic (exact) mass is 295 g/mol. The third-order valence-electron chi connectivity index (χ3n) is 3.45. The van der Waals surface area contributed by atoms with Crippen LogP contribution in [0.15, 0.2) is 28.7 Å². The minimum Gasteiger partial charge on any atom is -0.293 e. The van der Waals surface area contributed by atoms with Crippen LogP contribution in [0.1, 0.15) is 36.5 Å². The number of hydrogen-bond donors (Lipinski definition) is 0. The molecule has 0 radical (unpaired) electrons. The minimum atomic E-state index is 0.228. The van der Waals surface area contributed by atoms with Crippen molar-refractivity contribution in [3.8, 4) is 0 Å². The summed E-state index contributed by atoms with van der Waals surface area (Å²) in [4.78, 5) is 14.4. The second kappa shape index (κ2) is 5.78. The average Bonchev–Trinajstić information content (AvgIpc) is 2.33. The van der Waals surface area contributed by atoms with E-state index in [0.717, 1.165) is 16.6 Å². The predicted octanol–water partition coefficient (Wildman–Crippen LogP) is 3.51. The Kier molecular flexibility index (Phi) is 4.35. The Morgan fingerprint density at radius 1 is 1.35 bits per heavy atom. The third kappa shape index (κ3) is 3.39. The molecule has 2 nitrogen and oxygen atoms in total. The number of ketones is 1. The van der Waals surface area contributed by atoms with Crippen molar-refractivity contribution in [1.82, 2.24) is 4.90 Å². The fourth-order valence-electron chi connectivity index (χ4n) is 2.30. The van der Waals surface area contributed by atoms with Gasteiger partial charge in [-0.25, -0.2) is 0 Å². The summed E-state index contributed by atoms with van der Waals surface area (Å²) < 4.78 is 1.01. The van der Waals surface area contributed by atoms with Crippen LogP contribution in [0.5, 0.6) is 0 Å². The Balaban J connectivity index is 1.98. The van der Waals surface area contributed by atoms with Crippen molar-refractivity contribution in [2.24, 2.45) is 0 Å². The maximum absolute atomic E-state index is 12.1. The minimum absolute atomic E-state index is 0.228. The van der Waals surface area contributed by atoms with E-state index in [-0.39, 0.29) is 5.78 Å². The number of carbonyl (C=O) groups excluding carboxylic acids is 1. The van der Waals surface area contributed by atoms with Gasteiger partial charge in [0.05, 0.1) is 6.54 Å². The molecule has 2 rings (SSSR count). The van der Waals surface area contributed by atoms with Gasteiger partial charge in [0.2, 0.25) is 0 Å². The van der Waals surface area contributed by atoms with Gasteiger partial charge >= 0.3 is 0 Å². The summed E-state index contributed by atoms with van der Waals surface area (Å²) in [6.45, 7) is 3.83.